The molecule has 0 aromatic rings. The van der Waals surface area contributed by atoms with Gasteiger partial charge in [-0.1, -0.05) is 304 Å². The van der Waals surface area contributed by atoms with Crippen LogP contribution in [-0.4, -0.2) is 96.7 Å². The number of ether oxygens (including phenoxy) is 4. The van der Waals surface area contributed by atoms with Gasteiger partial charge in [-0.2, -0.15) is 0 Å². The number of carbonyl (C=O) groups is 4. The molecule has 0 heterocycles. The molecule has 0 rings (SSSR count). The average Bonchev–Trinajstić information content (AvgIpc) is 0.907. The van der Waals surface area contributed by atoms with Gasteiger partial charge in [-0.25, -0.2) is 9.13 Å². The normalized spacial score (nSPS) is 14.9. The fourth-order valence-corrected chi connectivity index (χ4v) is 11.6. The predicted octanol–water partition coefficient (Wildman–Crippen LogP) is 25.2. The molecule has 0 saturated heterocycles. The second-order valence-corrected chi connectivity index (χ2v) is 29.9. The summed E-state index contributed by atoms with van der Waals surface area (Å²) in [5, 5.41) is 10.7. The Kier molecular flexibility index (Phi) is 77.5. The maximum atomic E-state index is 13.1. The van der Waals surface area contributed by atoms with Crippen LogP contribution >= 0.6 is 15.6 Å². The lowest BCUT2D eigenvalue weighted by atomic mass is 10.1. The second kappa shape index (κ2) is 82.4. The highest BCUT2D eigenvalue weighted by molar-refractivity contribution is 7.47. The minimum absolute atomic E-state index is 0.0105. The van der Waals surface area contributed by atoms with Crippen LogP contribution in [-0.2, 0) is 65.4 Å². The van der Waals surface area contributed by atoms with Gasteiger partial charge < -0.3 is 33.8 Å². The van der Waals surface area contributed by atoms with Gasteiger partial charge in [0.1, 0.15) is 19.3 Å². The summed E-state index contributed by atoms with van der Waals surface area (Å²) in [7, 11) is -10.1. The van der Waals surface area contributed by atoms with Gasteiger partial charge in [-0.15, -0.1) is 0 Å². The van der Waals surface area contributed by atoms with E-state index in [2.05, 4.69) is 192 Å². The molecule has 0 amide bonds. The Morgan fingerprint density at radius 1 is 0.259 bits per heavy atom. The van der Waals surface area contributed by atoms with Gasteiger partial charge in [0, 0.05) is 25.7 Å². The van der Waals surface area contributed by atoms with Crippen molar-refractivity contribution in [1.82, 2.24) is 0 Å². The molecule has 630 valence electrons. The number of allylic oxidation sites excluding steroid dienone is 36. The van der Waals surface area contributed by atoms with Gasteiger partial charge in [0.15, 0.2) is 12.2 Å². The molecule has 0 fully saturated rings. The van der Waals surface area contributed by atoms with E-state index in [1.54, 1.807) is 0 Å². The van der Waals surface area contributed by atoms with E-state index in [-0.39, 0.29) is 25.7 Å². The van der Waals surface area contributed by atoms with Crippen molar-refractivity contribution in [3.05, 3.63) is 219 Å². The van der Waals surface area contributed by atoms with Crippen molar-refractivity contribution in [3.8, 4) is 0 Å². The molecular formula is C93H146O17P2. The van der Waals surface area contributed by atoms with E-state index >= 15 is 0 Å². The van der Waals surface area contributed by atoms with E-state index in [0.717, 1.165) is 128 Å². The Morgan fingerprint density at radius 3 is 0.768 bits per heavy atom. The summed E-state index contributed by atoms with van der Waals surface area (Å²) in [5.41, 5.74) is 0. The number of hydrogen-bond donors (Lipinski definition) is 3. The van der Waals surface area contributed by atoms with Gasteiger partial charge in [-0.3, -0.25) is 37.3 Å². The average molecular weight is 1600 g/mol. The molecule has 0 spiro atoms. The summed E-state index contributed by atoms with van der Waals surface area (Å²) >= 11 is 0. The summed E-state index contributed by atoms with van der Waals surface area (Å²) in [5.74, 6) is -2.51. The molecule has 3 N–H and O–H groups in total. The van der Waals surface area contributed by atoms with Gasteiger partial charge >= 0.3 is 39.5 Å². The summed E-state index contributed by atoms with van der Waals surface area (Å²) in [6, 6.07) is 0. The standard InChI is InChI=1S/C93H146O17P2/c1-5-9-13-17-21-25-29-33-37-40-43-46-50-54-58-62-66-70-74-78-91(96)104-84-89(110-93(98)80-76-72-68-64-60-56-52-48-45-42-39-35-31-27-23-19-15-11-7-3)86-108-112(101,102)106-82-87(94)81-105-111(99,100)107-85-88(83-103-90(95)77-73-69-65-61-57-53-49-36-32-28-24-20-16-12-8-4)109-92(97)79-75-71-67-63-59-55-51-47-44-41-38-34-30-26-22-18-14-10-6-2/h11,15,21-28,33-39,43-49,54-56,58-60,66-68,70-72,87-89,94H,5-10,12-14,16-20,29-32,40-42,50-53,57,61-65,69,73-86H2,1-4H3,(H,99,100)(H,101,102)/b15-11-,25-21-,26-22-,27-23-,28-24-,37-33-,38-34-,39-35-,46-43-,47-44-,48-45-,49-36-,58-54-,59-55-,60-56-,70-66-,71-67-,72-68-/t87-,88+,89+/m0/s1. The van der Waals surface area contributed by atoms with Crippen molar-refractivity contribution in [2.24, 2.45) is 0 Å². The van der Waals surface area contributed by atoms with Gasteiger partial charge in [0.05, 0.1) is 26.4 Å². The number of phosphoric ester groups is 2. The zero-order valence-corrected chi connectivity index (χ0v) is 70.8. The molecule has 17 nitrogen and oxygen atoms in total. The topological polar surface area (TPSA) is 237 Å². The van der Waals surface area contributed by atoms with E-state index < -0.39 is 97.5 Å². The summed E-state index contributed by atoms with van der Waals surface area (Å²) in [4.78, 5) is 73.1. The number of phosphoric acid groups is 2. The summed E-state index contributed by atoms with van der Waals surface area (Å²) in [6.07, 6.45) is 105. The fourth-order valence-electron chi connectivity index (χ4n) is 10.1. The number of carbonyl (C=O) groups excluding carboxylic acids is 4. The largest absolute Gasteiger partial charge is 0.472 e. The lowest BCUT2D eigenvalue weighted by Gasteiger charge is -2.21. The Hall–Kier alpha value is -6.62. The first kappa shape index (κ1) is 105. The van der Waals surface area contributed by atoms with Crippen LogP contribution in [0, 0.1) is 0 Å². The number of aliphatic hydroxyl groups is 1. The molecule has 0 aliphatic rings. The molecule has 0 radical (unpaired) electrons. The lowest BCUT2D eigenvalue weighted by Crippen LogP contribution is -2.30. The highest BCUT2D eigenvalue weighted by atomic mass is 31.2. The van der Waals surface area contributed by atoms with Crippen LogP contribution in [0.25, 0.3) is 0 Å². The Bertz CT molecular complexity index is 2990. The van der Waals surface area contributed by atoms with E-state index in [4.69, 9.17) is 37.0 Å². The molecule has 112 heavy (non-hydrogen) atoms. The molecule has 0 bridgehead atoms. The van der Waals surface area contributed by atoms with Gasteiger partial charge in [-0.05, 0) is 173 Å². The maximum Gasteiger partial charge on any atom is 0.472 e. The first-order valence-corrected chi connectivity index (χ1v) is 45.0. The SMILES string of the molecule is CC/C=C\C/C=C\C/C=C\C/C=C\C/C=C\C/C=C\CCC(=O)O[C@H](COC(=O)CC/C=C\C/C=C\C/C=C\C/C=C\C/C=C\CCCCC)COP(=O)(O)OC[C@@H](O)COP(=O)(O)OC[C@@H](COC(=O)CCCCCCC/C=C\C/C=C\CCCCC)OC(=O)CC/C=C\C/C=C\C/C=C\C/C=C\C/C=C\CCCCC. The zero-order chi connectivity index (χ0) is 81.7. The third kappa shape index (κ3) is 81.4. The monoisotopic (exact) mass is 1600 g/mol. The van der Waals surface area contributed by atoms with Crippen molar-refractivity contribution in [1.29, 1.82) is 0 Å². The Morgan fingerprint density at radius 2 is 0.482 bits per heavy atom. The van der Waals surface area contributed by atoms with Crippen molar-refractivity contribution in [2.45, 2.75) is 303 Å². The molecule has 19 heteroatoms. The number of esters is 4. The van der Waals surface area contributed by atoms with Gasteiger partial charge in [0.25, 0.3) is 0 Å². The van der Waals surface area contributed by atoms with Crippen LogP contribution in [0.1, 0.15) is 285 Å². The maximum absolute atomic E-state index is 13.1. The molecule has 0 aliphatic heterocycles. The highest BCUT2D eigenvalue weighted by Crippen LogP contribution is 2.45. The van der Waals surface area contributed by atoms with Crippen LogP contribution in [0.15, 0.2) is 219 Å². The van der Waals surface area contributed by atoms with E-state index in [9.17, 15) is 43.2 Å². The first-order valence-electron chi connectivity index (χ1n) is 42.0. The number of aliphatic hydroxyl groups excluding tert-OH is 1. The van der Waals surface area contributed by atoms with Crippen molar-refractivity contribution >= 4 is 39.5 Å². The first-order chi connectivity index (χ1) is 54.7. The summed E-state index contributed by atoms with van der Waals surface area (Å²) < 4.78 is 68.5. The smallest absolute Gasteiger partial charge is 0.462 e. The molecule has 2 unspecified atom stereocenters. The number of rotatable bonds is 76. The van der Waals surface area contributed by atoms with E-state index in [0.29, 0.717) is 44.9 Å². The second-order valence-electron chi connectivity index (χ2n) is 27.0. The minimum atomic E-state index is -5.04. The molecule has 0 aliphatic carbocycles. The molecular weight excluding hydrogens is 1450 g/mol. The lowest BCUT2D eigenvalue weighted by molar-refractivity contribution is -0.161. The van der Waals surface area contributed by atoms with Crippen LogP contribution in [0.5, 0.6) is 0 Å². The highest BCUT2D eigenvalue weighted by Gasteiger charge is 2.30. The fraction of sp³-hybridized carbons (Fsp3) is 0.570. The van der Waals surface area contributed by atoms with Crippen molar-refractivity contribution < 1.29 is 80.2 Å². The van der Waals surface area contributed by atoms with Crippen LogP contribution in [0.4, 0.5) is 0 Å². The van der Waals surface area contributed by atoms with Crippen LogP contribution < -0.4 is 0 Å². The Labute approximate surface area is 677 Å². The third-order valence-corrected chi connectivity index (χ3v) is 18.3. The van der Waals surface area contributed by atoms with Crippen LogP contribution in [0.3, 0.4) is 0 Å². The van der Waals surface area contributed by atoms with Crippen molar-refractivity contribution in [3.63, 3.8) is 0 Å². The molecule has 0 aromatic heterocycles. The van der Waals surface area contributed by atoms with Crippen LogP contribution in [0.2, 0.25) is 0 Å². The predicted molar refractivity (Wildman–Crippen MR) is 463 cm³/mol. The number of unbranched alkanes of at least 4 members (excludes halogenated alkanes) is 14. The number of hydrogen-bond acceptors (Lipinski definition) is 15. The molecule has 0 aromatic carbocycles. The van der Waals surface area contributed by atoms with Crippen molar-refractivity contribution in [2.75, 3.05) is 39.6 Å². The van der Waals surface area contributed by atoms with E-state index in [1.807, 2.05) is 54.7 Å². The molecule has 5 atom stereocenters. The zero-order valence-electron chi connectivity index (χ0n) is 69.0. The minimum Gasteiger partial charge on any atom is -0.462 e. The Balaban J connectivity index is 5.63. The van der Waals surface area contributed by atoms with E-state index in [1.165, 1.54) is 57.8 Å². The van der Waals surface area contributed by atoms with Gasteiger partial charge in [0.2, 0.25) is 0 Å². The third-order valence-electron chi connectivity index (χ3n) is 16.4. The summed E-state index contributed by atoms with van der Waals surface area (Å²) in [6.45, 7) is 4.38. The molecule has 0 saturated carbocycles. The quantitative estimate of drug-likeness (QED) is 0.0169.